The fraction of sp³-hybridized carbons (Fsp3) is 0.436. The van der Waals surface area contributed by atoms with Crippen LogP contribution in [0.25, 0.3) is 33.5 Å². The maximum atomic E-state index is 13.7. The fourth-order valence-corrected chi connectivity index (χ4v) is 19.5. The number of hydrogen-bond acceptors (Lipinski definition) is 40. The molecule has 3 saturated heterocycles. The summed E-state index contributed by atoms with van der Waals surface area (Å²) in [5.74, 6) is 3.61. The normalized spacial score (nSPS) is 19.3. The van der Waals surface area contributed by atoms with E-state index in [0.29, 0.717) is 45.2 Å². The van der Waals surface area contributed by atoms with E-state index in [1.165, 1.54) is 58.0 Å². The minimum absolute atomic E-state index is 0.0194. The lowest BCUT2D eigenvalue weighted by atomic mass is 9.78. The zero-order chi connectivity index (χ0) is 109. The number of carbonyl (C=O) groups is 6. The number of esters is 6. The molecule has 0 unspecified atom stereocenters. The average Bonchev–Trinajstić information content (AvgIpc) is 1.60. The molecule has 10 aromatic heterocycles. The largest absolute Gasteiger partial charge is 0.519 e. The molecule has 45 nitrogen and oxygen atoms in total. The van der Waals surface area contributed by atoms with Gasteiger partial charge < -0.3 is 98.6 Å². The first-order valence-corrected chi connectivity index (χ1v) is 47.4. The Balaban J connectivity index is 0.000000177. The first kappa shape index (κ1) is 110. The van der Waals surface area contributed by atoms with Gasteiger partial charge in [0.05, 0.1) is 77.7 Å². The molecular weight excluding hydrogens is 2010 g/mol. The summed E-state index contributed by atoms with van der Waals surface area (Å²) in [4.78, 5) is 158. The van der Waals surface area contributed by atoms with Crippen molar-refractivity contribution in [2.75, 3.05) is 25.1 Å². The van der Waals surface area contributed by atoms with Crippen LogP contribution in [0.4, 0.5) is 5.82 Å². The fourth-order valence-electron chi connectivity index (χ4n) is 18.9. The first-order chi connectivity index (χ1) is 70.2. The van der Waals surface area contributed by atoms with Gasteiger partial charge in [0, 0.05) is 73.0 Å². The molecule has 786 valence electrons. The van der Waals surface area contributed by atoms with E-state index >= 15 is 0 Å². The maximum Gasteiger partial charge on any atom is 0.519 e. The molecule has 3 aliphatic heterocycles. The van der Waals surface area contributed by atoms with Gasteiger partial charge in [0.25, 0.3) is 0 Å². The van der Waals surface area contributed by atoms with Gasteiger partial charge in [-0.15, -0.1) is 19.3 Å². The molecule has 0 amide bonds. The van der Waals surface area contributed by atoms with Crippen LogP contribution in [-0.2, 0) is 99.6 Å². The van der Waals surface area contributed by atoms with E-state index in [2.05, 4.69) is 63.0 Å². The number of nitrogens with one attached hydrogen (secondary N) is 2. The lowest BCUT2D eigenvalue weighted by Crippen LogP contribution is -2.44. The highest BCUT2D eigenvalue weighted by Gasteiger charge is 2.55. The number of aromatic nitrogens is 12. The number of terminal acetylenes is 3. The van der Waals surface area contributed by atoms with Crippen molar-refractivity contribution in [3.8, 4) is 54.3 Å². The Morgan fingerprint density at radius 3 is 1.13 bits per heavy atom. The summed E-state index contributed by atoms with van der Waals surface area (Å²) in [5, 5.41) is 42.7. The molecule has 48 heteroatoms. The molecule has 0 bridgehead atoms. The van der Waals surface area contributed by atoms with Gasteiger partial charge in [0.2, 0.25) is 15.9 Å². The van der Waals surface area contributed by atoms with Crippen LogP contribution in [0.3, 0.4) is 0 Å². The topological polar surface area (TPSA) is 583 Å². The quantitative estimate of drug-likeness (QED) is 0.00917. The van der Waals surface area contributed by atoms with Crippen molar-refractivity contribution in [2.45, 2.75) is 266 Å². The Morgan fingerprint density at radius 1 is 0.463 bits per heavy atom. The molecule has 3 aliphatic rings. The molecule has 0 spiro atoms. The van der Waals surface area contributed by atoms with Gasteiger partial charge in [-0.1, -0.05) is 77.5 Å². The molecule has 9 atom stereocenters. The Kier molecular flexibility index (Phi) is 31.9. The maximum absolute atomic E-state index is 13.7. The summed E-state index contributed by atoms with van der Waals surface area (Å²) in [6.07, 6.45) is 15.6. The number of rotatable bonds is 30. The molecule has 3 fully saturated rings. The van der Waals surface area contributed by atoms with Crippen LogP contribution in [0.15, 0.2) is 115 Å². The average molecular weight is 2120 g/mol. The summed E-state index contributed by atoms with van der Waals surface area (Å²) in [7, 11) is 0. The van der Waals surface area contributed by atoms with E-state index in [-0.39, 0.29) is 166 Å². The van der Waals surface area contributed by atoms with Crippen molar-refractivity contribution in [2.24, 2.45) is 4.99 Å². The lowest BCUT2D eigenvalue weighted by molar-refractivity contribution is -0.160. The number of nitrogens with zero attached hydrogens (tertiary/aromatic N) is 13. The van der Waals surface area contributed by atoms with Gasteiger partial charge in [0.15, 0.2) is 90.1 Å². The number of aliphatic hydroxyl groups is 3. The third kappa shape index (κ3) is 23.1. The van der Waals surface area contributed by atoms with E-state index in [9.17, 15) is 63.3 Å². The number of aliphatic hydroxyl groups excluding tert-OH is 3. The van der Waals surface area contributed by atoms with Crippen molar-refractivity contribution >= 4 is 110 Å². The van der Waals surface area contributed by atoms with Gasteiger partial charge in [-0.25, -0.2) is 34.1 Å². The number of aryl methyl sites for hydroxylation is 10. The standard InChI is InChI=1S/C37H38ClN5O12.2C32H34ClN5O9/c1-9-37(16-44)26(54-28(46)13-36(7,8)29-19(3)10-18(2)11-23(29)51-22(6)45)12-27(55-37)43-17-40-30-31(39-14-24-20(4)49-34(47)52-24)42(33(38)41-32(30)43)15-25-21(5)50-35(48)53-25;1-8-32(14-39)22(46-24(41)12-31(6,7)25-17(3)9-16(2)10-20(25)44-19(5)40)11-23(47-32)38-15-35-26-27(34)37(29(33)36-28(26)38)13-21-18(4)43-30(42)45-21;1-8-32(14-39)22(46-24(41)12-31(6,7)25-17(3)9-16(2)10-20(25)44-19(5)40)11-23(47-32)38-15-35-26-27(36-29(33)37-28(26)38)34-13-21-18(4)43-30(42)45-21/h1,10-11,17,26-27,44H,12-16H2,2-8H3;1,9-10,15,22-23,34,39H,11-14H2,2-7H3;1,9-10,15,22-23,39H,11-14H2,2-7H3,(H,34,36,37)/t26-,27+,37+;2*22-,23+,32+/m000/s1. The van der Waals surface area contributed by atoms with E-state index in [0.717, 1.165) is 33.4 Å². The zero-order valence-corrected chi connectivity index (χ0v) is 86.7. The molecule has 0 radical (unpaired) electrons. The number of imidazole rings is 3. The minimum atomic E-state index is -1.75. The second kappa shape index (κ2) is 43.4. The van der Waals surface area contributed by atoms with Crippen LogP contribution in [0.2, 0.25) is 15.9 Å². The highest BCUT2D eigenvalue weighted by atomic mass is 35.5. The van der Waals surface area contributed by atoms with E-state index in [1.54, 1.807) is 50.5 Å². The number of carbonyl (C=O) groups excluding carboxylic acids is 6. The van der Waals surface area contributed by atoms with Crippen LogP contribution in [0.1, 0.15) is 216 Å². The summed E-state index contributed by atoms with van der Waals surface area (Å²) in [6.45, 7) is 30.1. The molecule has 13 heterocycles. The van der Waals surface area contributed by atoms with Crippen molar-refractivity contribution < 1.29 is 122 Å². The van der Waals surface area contributed by atoms with Crippen molar-refractivity contribution in [1.29, 1.82) is 5.41 Å². The van der Waals surface area contributed by atoms with Gasteiger partial charge in [-0.2, -0.15) is 19.9 Å². The number of hydrogen-bond donors (Lipinski definition) is 5. The summed E-state index contributed by atoms with van der Waals surface area (Å²) >= 11 is 19.5. The summed E-state index contributed by atoms with van der Waals surface area (Å²) in [6, 6.07) is 11.1. The van der Waals surface area contributed by atoms with Crippen LogP contribution in [-0.4, -0.2) is 164 Å². The summed E-state index contributed by atoms with van der Waals surface area (Å²) in [5.41, 5.74) is 0.937. The van der Waals surface area contributed by atoms with Gasteiger partial charge in [-0.05, 0) is 156 Å². The smallest absolute Gasteiger partial charge is 0.458 e. The number of fused-ring (bicyclic) bond motifs is 3. The first-order valence-electron chi connectivity index (χ1n) is 46.3. The second-order valence-electron chi connectivity index (χ2n) is 38.1. The minimum Gasteiger partial charge on any atom is -0.458 e. The SMILES string of the molecule is C#C[C@]1(CO)O[C@@H](n2cnc3c(=N)n(Cc4oc(=O)oc4C)c(Cl)nc32)C[C@@H]1OC(=O)CC(C)(C)c1c(C)cc(C)cc1OC(C)=O.C#C[C@]1(CO)O[C@@H](n2cnc3c(=NCc4oc(=O)oc4C)n(Cc4oc(=O)oc4C)c(Cl)nc32)C[C@@H]1OC(=O)CC(C)(C)c1c(C)cc(C)cc1OC(C)=O.C#C[C@]1(CO)O[C@@H](n2cnc3c(NCc4oc(=O)oc4C)nc(Cl)nc32)C[C@@H]1OC(=O)CC(C)(C)c1c(C)cc(C)cc1OC(C)=O. The van der Waals surface area contributed by atoms with Crippen LogP contribution < -0.4 is 53.8 Å². The Hall–Kier alpha value is -15.1. The van der Waals surface area contributed by atoms with Gasteiger partial charge in [-0.3, -0.25) is 62.0 Å². The highest BCUT2D eigenvalue weighted by Crippen LogP contribution is 2.48. The number of anilines is 1. The predicted octanol–water partition coefficient (Wildman–Crippen LogP) is 11.3. The molecule has 13 aromatic rings. The number of benzene rings is 3. The van der Waals surface area contributed by atoms with E-state index < -0.39 is 149 Å². The molecule has 0 saturated carbocycles. The Morgan fingerprint density at radius 2 is 0.785 bits per heavy atom. The Bertz CT molecular complexity index is 8000. The number of halogens is 3. The zero-order valence-electron chi connectivity index (χ0n) is 84.4. The van der Waals surface area contributed by atoms with Crippen molar-refractivity contribution in [3.63, 3.8) is 0 Å². The van der Waals surface area contributed by atoms with Gasteiger partial charge >= 0.3 is 59.1 Å². The van der Waals surface area contributed by atoms with Crippen molar-refractivity contribution in [1.82, 2.24) is 57.7 Å². The van der Waals surface area contributed by atoms with E-state index in [4.69, 9.17) is 137 Å². The predicted molar refractivity (Wildman–Crippen MR) is 524 cm³/mol. The van der Waals surface area contributed by atoms with Crippen LogP contribution in [0.5, 0.6) is 17.2 Å². The molecule has 0 aliphatic carbocycles. The molecule has 3 aromatic carbocycles. The number of ether oxygens (including phenoxy) is 9. The van der Waals surface area contributed by atoms with Crippen molar-refractivity contribution in [3.05, 3.63) is 221 Å². The van der Waals surface area contributed by atoms with Gasteiger partial charge in [0.1, 0.15) is 83.8 Å². The third-order valence-electron chi connectivity index (χ3n) is 25.4. The summed E-state index contributed by atoms with van der Waals surface area (Å²) < 4.78 is 100. The molecular formula is C101H106Cl3N15O30. The van der Waals surface area contributed by atoms with Crippen LogP contribution in [0, 0.1) is 112 Å². The Labute approximate surface area is 862 Å². The molecule has 149 heavy (non-hydrogen) atoms. The highest BCUT2D eigenvalue weighted by molar-refractivity contribution is 6.29. The molecule has 16 rings (SSSR count). The third-order valence-corrected chi connectivity index (χ3v) is 26.1. The monoisotopic (exact) mass is 2110 g/mol. The van der Waals surface area contributed by atoms with E-state index in [1.807, 2.05) is 101 Å². The molecule has 5 N–H and O–H groups in total. The lowest BCUT2D eigenvalue weighted by Gasteiger charge is -2.31. The second-order valence-corrected chi connectivity index (χ2v) is 39.1. The van der Waals surface area contributed by atoms with Crippen LogP contribution >= 0.6 is 34.8 Å².